The molecule has 0 saturated carbocycles. The standard InChI is InChI=1S/C26H18Br2/c27-23-15-7-13-21(17-23)26(22-14-8-16-24(28)18-22)25(19-9-3-1-4-10-19)20-11-5-2-6-12-20/h1-18H. The molecule has 0 fully saturated rings. The van der Waals surface area contributed by atoms with Crippen LogP contribution in [-0.4, -0.2) is 0 Å². The van der Waals surface area contributed by atoms with E-state index in [2.05, 4.69) is 141 Å². The third kappa shape index (κ3) is 4.19. The average Bonchev–Trinajstić information content (AvgIpc) is 2.73. The Morgan fingerprint density at radius 3 is 1.14 bits per heavy atom. The maximum atomic E-state index is 3.65. The molecule has 4 rings (SSSR count). The second-order valence-corrected chi connectivity index (χ2v) is 8.33. The van der Waals surface area contributed by atoms with Gasteiger partial charge in [0.05, 0.1) is 0 Å². The highest BCUT2D eigenvalue weighted by molar-refractivity contribution is 9.10. The van der Waals surface area contributed by atoms with Crippen LogP contribution in [0.15, 0.2) is 118 Å². The number of benzene rings is 4. The van der Waals surface area contributed by atoms with E-state index in [4.69, 9.17) is 0 Å². The average molecular weight is 490 g/mol. The lowest BCUT2D eigenvalue weighted by Crippen LogP contribution is -1.97. The molecule has 0 nitrogen and oxygen atoms in total. The summed E-state index contributed by atoms with van der Waals surface area (Å²) in [6.45, 7) is 0. The molecule has 2 heteroatoms. The van der Waals surface area contributed by atoms with Crippen molar-refractivity contribution in [2.24, 2.45) is 0 Å². The van der Waals surface area contributed by atoms with Crippen LogP contribution in [0.4, 0.5) is 0 Å². The summed E-state index contributed by atoms with van der Waals surface area (Å²) in [5.41, 5.74) is 7.18. The van der Waals surface area contributed by atoms with Crippen LogP contribution < -0.4 is 0 Å². The normalized spacial score (nSPS) is 10.5. The second-order valence-electron chi connectivity index (χ2n) is 6.50. The molecule has 0 aliphatic heterocycles. The third-order valence-corrected chi connectivity index (χ3v) is 5.59. The second kappa shape index (κ2) is 8.72. The van der Waals surface area contributed by atoms with Crippen molar-refractivity contribution < 1.29 is 0 Å². The van der Waals surface area contributed by atoms with Crippen molar-refractivity contribution in [1.29, 1.82) is 0 Å². The van der Waals surface area contributed by atoms with Gasteiger partial charge in [0.1, 0.15) is 0 Å². The molecule has 136 valence electrons. The summed E-state index contributed by atoms with van der Waals surface area (Å²) >= 11 is 7.29. The quantitative estimate of drug-likeness (QED) is 0.253. The van der Waals surface area contributed by atoms with Gasteiger partial charge in [-0.2, -0.15) is 0 Å². The SMILES string of the molecule is Brc1cccc(C(=C(c2ccccc2)c2ccccc2)c2cccc(Br)c2)c1. The molecule has 0 amide bonds. The molecule has 0 aliphatic rings. The van der Waals surface area contributed by atoms with Gasteiger partial charge in [-0.1, -0.05) is 117 Å². The zero-order chi connectivity index (χ0) is 19.3. The van der Waals surface area contributed by atoms with E-state index in [1.165, 1.54) is 33.4 Å². The van der Waals surface area contributed by atoms with Gasteiger partial charge in [-0.05, 0) is 57.7 Å². The van der Waals surface area contributed by atoms with Crippen molar-refractivity contribution in [3.05, 3.63) is 140 Å². The van der Waals surface area contributed by atoms with E-state index in [-0.39, 0.29) is 0 Å². The van der Waals surface area contributed by atoms with E-state index in [0.29, 0.717) is 0 Å². The summed E-state index contributed by atoms with van der Waals surface area (Å²) in [6.07, 6.45) is 0. The molecule has 0 aromatic heterocycles. The van der Waals surface area contributed by atoms with Crippen LogP contribution in [0.3, 0.4) is 0 Å². The van der Waals surface area contributed by atoms with Gasteiger partial charge in [-0.25, -0.2) is 0 Å². The fourth-order valence-electron chi connectivity index (χ4n) is 3.41. The Morgan fingerprint density at radius 1 is 0.393 bits per heavy atom. The Hall–Kier alpha value is -2.42. The van der Waals surface area contributed by atoms with E-state index in [1.54, 1.807) is 0 Å². The molecule has 4 aromatic carbocycles. The van der Waals surface area contributed by atoms with Gasteiger partial charge in [0.25, 0.3) is 0 Å². The van der Waals surface area contributed by atoms with E-state index < -0.39 is 0 Å². The monoisotopic (exact) mass is 488 g/mol. The Morgan fingerprint density at radius 2 is 0.750 bits per heavy atom. The van der Waals surface area contributed by atoms with Crippen LogP contribution in [0.5, 0.6) is 0 Å². The Bertz CT molecular complexity index is 1020. The first-order valence-electron chi connectivity index (χ1n) is 9.09. The van der Waals surface area contributed by atoms with E-state index in [0.717, 1.165) is 8.95 Å². The maximum absolute atomic E-state index is 3.65. The molecular formula is C26H18Br2. The van der Waals surface area contributed by atoms with Crippen LogP contribution in [0.2, 0.25) is 0 Å². The summed E-state index contributed by atoms with van der Waals surface area (Å²) in [5.74, 6) is 0. The molecule has 0 spiro atoms. The lowest BCUT2D eigenvalue weighted by atomic mass is 9.86. The van der Waals surface area contributed by atoms with Crippen molar-refractivity contribution >= 4 is 43.0 Å². The summed E-state index contributed by atoms with van der Waals surface area (Å²) in [6, 6.07) is 38.2. The van der Waals surface area contributed by atoms with Crippen molar-refractivity contribution in [3.63, 3.8) is 0 Å². The molecule has 0 N–H and O–H groups in total. The summed E-state index contributed by atoms with van der Waals surface area (Å²) in [4.78, 5) is 0. The first kappa shape index (κ1) is 18.9. The first-order chi connectivity index (χ1) is 13.7. The maximum Gasteiger partial charge on any atom is 0.0181 e. The van der Waals surface area contributed by atoms with Crippen molar-refractivity contribution in [3.8, 4) is 0 Å². The van der Waals surface area contributed by atoms with Crippen LogP contribution in [0.25, 0.3) is 11.1 Å². The van der Waals surface area contributed by atoms with E-state index in [9.17, 15) is 0 Å². The number of rotatable bonds is 4. The Labute approximate surface area is 182 Å². The minimum atomic E-state index is 1.07. The number of hydrogen-bond acceptors (Lipinski definition) is 0. The fraction of sp³-hybridized carbons (Fsp3) is 0. The van der Waals surface area contributed by atoms with Crippen LogP contribution >= 0.6 is 31.9 Å². The molecule has 0 atom stereocenters. The summed E-state index contributed by atoms with van der Waals surface area (Å²) in [7, 11) is 0. The third-order valence-electron chi connectivity index (χ3n) is 4.60. The first-order valence-corrected chi connectivity index (χ1v) is 10.7. The summed E-state index contributed by atoms with van der Waals surface area (Å²) < 4.78 is 2.14. The van der Waals surface area contributed by atoms with Gasteiger partial charge in [-0.3, -0.25) is 0 Å². The van der Waals surface area contributed by atoms with Gasteiger partial charge in [0.15, 0.2) is 0 Å². The topological polar surface area (TPSA) is 0 Å². The van der Waals surface area contributed by atoms with E-state index in [1.807, 2.05) is 0 Å². The highest BCUT2D eigenvalue weighted by Crippen LogP contribution is 2.38. The van der Waals surface area contributed by atoms with Crippen molar-refractivity contribution in [2.45, 2.75) is 0 Å². The molecule has 0 heterocycles. The number of hydrogen-bond donors (Lipinski definition) is 0. The Kier molecular flexibility index (Phi) is 5.90. The van der Waals surface area contributed by atoms with Gasteiger partial charge >= 0.3 is 0 Å². The van der Waals surface area contributed by atoms with Crippen molar-refractivity contribution in [2.75, 3.05) is 0 Å². The molecule has 28 heavy (non-hydrogen) atoms. The molecule has 0 aliphatic carbocycles. The largest absolute Gasteiger partial charge is 0.0622 e. The highest BCUT2D eigenvalue weighted by Gasteiger charge is 2.16. The minimum Gasteiger partial charge on any atom is -0.0622 e. The van der Waals surface area contributed by atoms with Crippen LogP contribution in [0, 0.1) is 0 Å². The molecule has 0 radical (unpaired) electrons. The minimum absolute atomic E-state index is 1.07. The zero-order valence-corrected chi connectivity index (χ0v) is 18.3. The number of halogens is 2. The van der Waals surface area contributed by atoms with Gasteiger partial charge in [0, 0.05) is 8.95 Å². The van der Waals surface area contributed by atoms with Gasteiger partial charge < -0.3 is 0 Å². The predicted octanol–water partition coefficient (Wildman–Crippen LogP) is 8.22. The molecule has 0 bridgehead atoms. The highest BCUT2D eigenvalue weighted by atomic mass is 79.9. The molecule has 0 saturated heterocycles. The van der Waals surface area contributed by atoms with Gasteiger partial charge in [-0.15, -0.1) is 0 Å². The van der Waals surface area contributed by atoms with Crippen LogP contribution in [0.1, 0.15) is 22.3 Å². The van der Waals surface area contributed by atoms with Crippen LogP contribution in [-0.2, 0) is 0 Å². The molecule has 0 unspecified atom stereocenters. The molecular weight excluding hydrogens is 472 g/mol. The lowest BCUT2D eigenvalue weighted by molar-refractivity contribution is 1.48. The van der Waals surface area contributed by atoms with E-state index >= 15 is 0 Å². The zero-order valence-electron chi connectivity index (χ0n) is 15.1. The Balaban J connectivity index is 2.12. The van der Waals surface area contributed by atoms with Crippen molar-refractivity contribution in [1.82, 2.24) is 0 Å². The molecule has 4 aromatic rings. The predicted molar refractivity (Wildman–Crippen MR) is 126 cm³/mol. The smallest absolute Gasteiger partial charge is 0.0181 e. The lowest BCUT2D eigenvalue weighted by Gasteiger charge is -2.18. The fourth-order valence-corrected chi connectivity index (χ4v) is 4.21. The van der Waals surface area contributed by atoms with Gasteiger partial charge in [0.2, 0.25) is 0 Å². The summed E-state index contributed by atoms with van der Waals surface area (Å²) in [5, 5.41) is 0.